The van der Waals surface area contributed by atoms with E-state index in [1.54, 1.807) is 26.0 Å². The minimum absolute atomic E-state index is 0.0713. The number of halogens is 1. The van der Waals surface area contributed by atoms with E-state index in [-0.39, 0.29) is 22.4 Å². The first-order valence-corrected chi connectivity index (χ1v) is 6.90. The Morgan fingerprint density at radius 3 is 2.48 bits per heavy atom. The molecule has 2 N–H and O–H groups in total. The average molecular weight is 306 g/mol. The molecule has 0 saturated heterocycles. The number of nitrogens with one attached hydrogen (secondary N) is 1. The average Bonchev–Trinajstić information content (AvgIpc) is 2.48. The third-order valence-electron chi connectivity index (χ3n) is 2.80. The molecule has 0 aliphatic heterocycles. The first-order valence-electron chi connectivity index (χ1n) is 6.53. The second-order valence-electron chi connectivity index (χ2n) is 4.82. The van der Waals surface area contributed by atoms with Gasteiger partial charge in [0, 0.05) is 0 Å². The maximum absolute atomic E-state index is 12.1. The van der Waals surface area contributed by atoms with Gasteiger partial charge in [-0.25, -0.2) is 5.48 Å². The Morgan fingerprint density at radius 2 is 1.86 bits per heavy atom. The van der Waals surface area contributed by atoms with Gasteiger partial charge in [-0.05, 0) is 37.1 Å². The van der Waals surface area contributed by atoms with E-state index in [0.29, 0.717) is 0 Å². The van der Waals surface area contributed by atoms with Crippen molar-refractivity contribution in [3.05, 3.63) is 53.1 Å². The van der Waals surface area contributed by atoms with Gasteiger partial charge in [0.2, 0.25) is 0 Å². The Morgan fingerprint density at radius 1 is 1.19 bits per heavy atom. The number of hydrogen-bond donors (Lipinski definition) is 2. The molecule has 2 aromatic rings. The Bertz CT molecular complexity index is 641. The van der Waals surface area contributed by atoms with Crippen molar-refractivity contribution in [1.82, 2.24) is 5.48 Å². The first kappa shape index (κ1) is 15.4. The summed E-state index contributed by atoms with van der Waals surface area (Å²) in [6.07, 6.45) is -0.163. The number of hydroxylamine groups is 1. The molecular weight excluding hydrogens is 290 g/mol. The summed E-state index contributed by atoms with van der Waals surface area (Å²) in [5.74, 6) is -0.804. The normalized spacial score (nSPS) is 10.7. The molecule has 0 bridgehead atoms. The number of carbonyl (C=O) groups excluding carboxylic acids is 1. The van der Waals surface area contributed by atoms with Crippen LogP contribution >= 0.6 is 11.6 Å². The zero-order chi connectivity index (χ0) is 15.4. The van der Waals surface area contributed by atoms with E-state index in [1.807, 2.05) is 30.3 Å². The third-order valence-corrected chi connectivity index (χ3v) is 3.09. The fourth-order valence-corrected chi connectivity index (χ4v) is 2.02. The Labute approximate surface area is 128 Å². The predicted octanol–water partition coefficient (Wildman–Crippen LogP) is 3.78. The summed E-state index contributed by atoms with van der Waals surface area (Å²) in [7, 11) is 0. The molecule has 21 heavy (non-hydrogen) atoms. The van der Waals surface area contributed by atoms with Crippen LogP contribution < -0.4 is 5.48 Å². The van der Waals surface area contributed by atoms with Crippen molar-refractivity contribution in [2.45, 2.75) is 20.0 Å². The molecule has 2 aromatic carbocycles. The highest BCUT2D eigenvalue weighted by molar-refractivity contribution is 6.33. The van der Waals surface area contributed by atoms with Gasteiger partial charge in [-0.1, -0.05) is 41.9 Å². The molecule has 0 spiro atoms. The minimum atomic E-state index is -0.541. The van der Waals surface area contributed by atoms with Crippen molar-refractivity contribution in [1.29, 1.82) is 0 Å². The van der Waals surface area contributed by atoms with E-state index in [0.717, 1.165) is 11.1 Å². The lowest BCUT2D eigenvalue weighted by molar-refractivity contribution is 0.0000394. The zero-order valence-electron chi connectivity index (χ0n) is 11.8. The molecule has 0 aliphatic rings. The number of rotatable bonds is 4. The van der Waals surface area contributed by atoms with E-state index < -0.39 is 5.91 Å². The smallest absolute Gasteiger partial charge is 0.278 e. The number of phenolic OH excluding ortho intramolecular Hbond substituents is 1. The number of aromatic hydroxyl groups is 1. The van der Waals surface area contributed by atoms with E-state index >= 15 is 0 Å². The minimum Gasteiger partial charge on any atom is -0.506 e. The number of phenols is 1. The summed E-state index contributed by atoms with van der Waals surface area (Å²) >= 11 is 6.00. The van der Waals surface area contributed by atoms with Crippen LogP contribution in [-0.4, -0.2) is 17.1 Å². The SMILES string of the molecule is CC(C)ONC(=O)c1cc(-c2ccccc2)cc(Cl)c1O. The topological polar surface area (TPSA) is 58.6 Å². The van der Waals surface area contributed by atoms with Gasteiger partial charge >= 0.3 is 0 Å². The molecule has 0 fully saturated rings. The Kier molecular flexibility index (Phi) is 4.83. The molecule has 5 heteroatoms. The van der Waals surface area contributed by atoms with Crippen LogP contribution in [0.4, 0.5) is 0 Å². The lowest BCUT2D eigenvalue weighted by Crippen LogP contribution is -2.27. The number of carbonyl (C=O) groups is 1. The molecule has 0 unspecified atom stereocenters. The highest BCUT2D eigenvalue weighted by Crippen LogP contribution is 2.33. The summed E-state index contributed by atoms with van der Waals surface area (Å²) in [5.41, 5.74) is 4.00. The van der Waals surface area contributed by atoms with E-state index in [2.05, 4.69) is 5.48 Å². The van der Waals surface area contributed by atoms with Crippen LogP contribution in [0.2, 0.25) is 5.02 Å². The van der Waals surface area contributed by atoms with Crippen LogP contribution in [0.25, 0.3) is 11.1 Å². The molecule has 110 valence electrons. The van der Waals surface area contributed by atoms with E-state index in [1.165, 1.54) is 0 Å². The van der Waals surface area contributed by atoms with Gasteiger partial charge in [0.25, 0.3) is 5.91 Å². The standard InChI is InChI=1S/C16H16ClNO3/c1-10(2)21-18-16(20)13-8-12(9-14(17)15(13)19)11-6-4-3-5-7-11/h3-10,19H,1-2H3,(H,18,20). The molecule has 0 aliphatic carbocycles. The fraction of sp³-hybridized carbons (Fsp3) is 0.188. The second kappa shape index (κ2) is 6.61. The van der Waals surface area contributed by atoms with Crippen LogP contribution in [-0.2, 0) is 4.84 Å². The molecule has 0 saturated carbocycles. The van der Waals surface area contributed by atoms with Crippen molar-refractivity contribution >= 4 is 17.5 Å². The molecule has 1 amide bonds. The molecule has 0 heterocycles. The number of benzene rings is 2. The molecule has 2 rings (SSSR count). The van der Waals surface area contributed by atoms with Gasteiger partial charge in [0.1, 0.15) is 5.75 Å². The summed E-state index contributed by atoms with van der Waals surface area (Å²) < 4.78 is 0. The van der Waals surface area contributed by atoms with Crippen LogP contribution in [0.15, 0.2) is 42.5 Å². The monoisotopic (exact) mass is 305 g/mol. The van der Waals surface area contributed by atoms with Gasteiger partial charge in [-0.2, -0.15) is 0 Å². The van der Waals surface area contributed by atoms with Gasteiger partial charge in [-0.15, -0.1) is 0 Å². The Balaban J connectivity index is 2.37. The van der Waals surface area contributed by atoms with Gasteiger partial charge in [-0.3, -0.25) is 9.63 Å². The summed E-state index contributed by atoms with van der Waals surface area (Å²) in [6.45, 7) is 3.57. The summed E-state index contributed by atoms with van der Waals surface area (Å²) in [6, 6.07) is 12.7. The van der Waals surface area contributed by atoms with Crippen molar-refractivity contribution in [3.63, 3.8) is 0 Å². The number of hydrogen-bond acceptors (Lipinski definition) is 3. The van der Waals surface area contributed by atoms with E-state index in [9.17, 15) is 9.90 Å². The predicted molar refractivity (Wildman–Crippen MR) is 82.2 cm³/mol. The van der Waals surface area contributed by atoms with Crippen molar-refractivity contribution < 1.29 is 14.7 Å². The highest BCUT2D eigenvalue weighted by Gasteiger charge is 2.16. The van der Waals surface area contributed by atoms with Gasteiger partial charge in [0.15, 0.2) is 0 Å². The molecule has 0 radical (unpaired) electrons. The second-order valence-corrected chi connectivity index (χ2v) is 5.23. The Hall–Kier alpha value is -2.04. The quantitative estimate of drug-likeness (QED) is 0.845. The third kappa shape index (κ3) is 3.74. The van der Waals surface area contributed by atoms with Crippen LogP contribution in [0.1, 0.15) is 24.2 Å². The van der Waals surface area contributed by atoms with Crippen LogP contribution in [0.5, 0.6) is 5.75 Å². The lowest BCUT2D eigenvalue weighted by atomic mass is 10.0. The van der Waals surface area contributed by atoms with Gasteiger partial charge in [0.05, 0.1) is 16.7 Å². The summed E-state index contributed by atoms with van der Waals surface area (Å²) in [4.78, 5) is 17.1. The fourth-order valence-electron chi connectivity index (χ4n) is 1.80. The maximum Gasteiger partial charge on any atom is 0.278 e. The van der Waals surface area contributed by atoms with Crippen molar-refractivity contribution in [2.75, 3.05) is 0 Å². The molecule has 0 aromatic heterocycles. The largest absolute Gasteiger partial charge is 0.506 e. The zero-order valence-corrected chi connectivity index (χ0v) is 12.5. The van der Waals surface area contributed by atoms with Crippen LogP contribution in [0, 0.1) is 0 Å². The molecular formula is C16H16ClNO3. The van der Waals surface area contributed by atoms with E-state index in [4.69, 9.17) is 16.4 Å². The van der Waals surface area contributed by atoms with Crippen molar-refractivity contribution in [3.8, 4) is 16.9 Å². The molecule has 0 atom stereocenters. The van der Waals surface area contributed by atoms with Gasteiger partial charge < -0.3 is 5.11 Å². The summed E-state index contributed by atoms with van der Waals surface area (Å²) in [5, 5.41) is 10.1. The lowest BCUT2D eigenvalue weighted by Gasteiger charge is -2.12. The van der Waals surface area contributed by atoms with Crippen LogP contribution in [0.3, 0.4) is 0 Å². The molecule has 4 nitrogen and oxygen atoms in total. The first-order chi connectivity index (χ1) is 9.99. The highest BCUT2D eigenvalue weighted by atomic mass is 35.5. The van der Waals surface area contributed by atoms with Crippen molar-refractivity contribution in [2.24, 2.45) is 0 Å². The number of amides is 1. The maximum atomic E-state index is 12.1.